The molecule has 0 saturated heterocycles. The number of carboxylic acids is 1. The van der Waals surface area contributed by atoms with Crippen molar-refractivity contribution in [1.29, 1.82) is 0 Å². The van der Waals surface area contributed by atoms with E-state index in [1.54, 1.807) is 20.8 Å². The number of carbonyl (C=O) groups is 4. The molecule has 0 aromatic carbocycles. The molecule has 0 fully saturated rings. The number of hydrogen-bond acceptors (Lipinski definition) is 5. The summed E-state index contributed by atoms with van der Waals surface area (Å²) in [6.07, 6.45) is 2.51. The lowest BCUT2D eigenvalue weighted by Crippen LogP contribution is -2.45. The molecular formula is C23H39NO6. The molecule has 0 aliphatic carbocycles. The molecule has 0 aromatic heterocycles. The number of hydrogen-bond donors (Lipinski definition) is 2. The van der Waals surface area contributed by atoms with Crippen LogP contribution < -0.4 is 5.32 Å². The lowest BCUT2D eigenvalue weighted by Gasteiger charge is -2.25. The van der Waals surface area contributed by atoms with Crippen LogP contribution in [0.1, 0.15) is 86.5 Å². The number of allylic oxidation sites excluding steroid dienone is 1. The molecule has 172 valence electrons. The summed E-state index contributed by atoms with van der Waals surface area (Å²) in [4.78, 5) is 48.3. The summed E-state index contributed by atoms with van der Waals surface area (Å²) in [7, 11) is 0. The van der Waals surface area contributed by atoms with Gasteiger partial charge in [-0.2, -0.15) is 0 Å². The van der Waals surface area contributed by atoms with Gasteiger partial charge >= 0.3 is 11.9 Å². The number of Topliss-reactive ketones (excluding diaryl/α,β-unsaturated/α-hetero) is 1. The number of aliphatic carboxylic acids is 1. The van der Waals surface area contributed by atoms with Gasteiger partial charge < -0.3 is 15.2 Å². The number of ketones is 1. The normalized spacial score (nSPS) is 14.3. The van der Waals surface area contributed by atoms with Gasteiger partial charge in [-0.05, 0) is 51.5 Å². The van der Waals surface area contributed by atoms with Crippen LogP contribution >= 0.6 is 0 Å². The summed E-state index contributed by atoms with van der Waals surface area (Å²) in [5.41, 5.74) is -0.241. The van der Waals surface area contributed by atoms with Gasteiger partial charge in [-0.1, -0.05) is 40.2 Å². The van der Waals surface area contributed by atoms with E-state index in [0.29, 0.717) is 31.3 Å². The van der Waals surface area contributed by atoms with Crippen molar-refractivity contribution in [1.82, 2.24) is 5.32 Å². The quantitative estimate of drug-likeness (QED) is 0.321. The summed E-state index contributed by atoms with van der Waals surface area (Å²) < 4.78 is 5.22. The number of rotatable bonds is 14. The Balaban J connectivity index is 4.86. The monoisotopic (exact) mass is 425 g/mol. The Labute approximate surface area is 180 Å². The first-order valence-electron chi connectivity index (χ1n) is 10.8. The van der Waals surface area contributed by atoms with E-state index < -0.39 is 23.5 Å². The second kappa shape index (κ2) is 13.2. The fourth-order valence-electron chi connectivity index (χ4n) is 3.00. The first-order valence-corrected chi connectivity index (χ1v) is 10.8. The average molecular weight is 426 g/mol. The Kier molecular flexibility index (Phi) is 12.2. The van der Waals surface area contributed by atoms with Crippen molar-refractivity contribution in [2.24, 2.45) is 11.8 Å². The lowest BCUT2D eigenvalue weighted by molar-refractivity contribution is -0.155. The van der Waals surface area contributed by atoms with Gasteiger partial charge in [0.25, 0.3) is 0 Å². The molecule has 0 heterocycles. The maximum atomic E-state index is 12.7. The minimum Gasteiger partial charge on any atom is -0.480 e. The summed E-state index contributed by atoms with van der Waals surface area (Å²) in [5, 5.41) is 11.9. The smallest absolute Gasteiger partial charge is 0.326 e. The highest BCUT2D eigenvalue weighted by molar-refractivity contribution is 5.96. The topological polar surface area (TPSA) is 110 Å². The second-order valence-corrected chi connectivity index (χ2v) is 8.85. The molecule has 0 aliphatic rings. The number of nitrogens with one attached hydrogen (secondary N) is 1. The van der Waals surface area contributed by atoms with Crippen LogP contribution in [0.15, 0.2) is 12.2 Å². The molecular weight excluding hydrogens is 386 g/mol. The number of ether oxygens (including phenoxy) is 1. The van der Waals surface area contributed by atoms with E-state index in [-0.39, 0.29) is 42.8 Å². The predicted molar refractivity (Wildman–Crippen MR) is 116 cm³/mol. The highest BCUT2D eigenvalue weighted by atomic mass is 16.6. The van der Waals surface area contributed by atoms with Gasteiger partial charge in [0.15, 0.2) is 5.78 Å². The largest absolute Gasteiger partial charge is 0.480 e. The fraction of sp³-hybridized carbons (Fsp3) is 0.739. The molecule has 1 amide bonds. The number of carboxylic acid groups (broad SMARTS) is 1. The Morgan fingerprint density at radius 2 is 1.70 bits per heavy atom. The SMILES string of the molecule is C=C(C[C@H](C(=O)N[C@@H](CCC)C(=O)O)C(C)CC)C(=O)CCCC(=O)OC(C)(C)C. The van der Waals surface area contributed by atoms with E-state index in [9.17, 15) is 24.3 Å². The third-order valence-corrected chi connectivity index (χ3v) is 4.92. The van der Waals surface area contributed by atoms with Gasteiger partial charge in [0.05, 0.1) is 0 Å². The van der Waals surface area contributed by atoms with Gasteiger partial charge in [-0.15, -0.1) is 0 Å². The summed E-state index contributed by atoms with van der Waals surface area (Å²) in [6.45, 7) is 14.9. The highest BCUT2D eigenvalue weighted by Gasteiger charge is 2.29. The standard InChI is InChI=1S/C23H39NO6/c1-8-11-18(22(28)29)24-21(27)17(15(3)9-2)14-16(4)19(25)12-10-13-20(26)30-23(5,6)7/h15,17-18H,4,8-14H2,1-3,5-7H3,(H,24,27)(H,28,29)/t15?,17-,18-/m0/s1. The van der Waals surface area contributed by atoms with Crippen LogP contribution in [0, 0.1) is 11.8 Å². The molecule has 0 spiro atoms. The van der Waals surface area contributed by atoms with Crippen molar-refractivity contribution in [3.63, 3.8) is 0 Å². The van der Waals surface area contributed by atoms with Crippen molar-refractivity contribution in [3.8, 4) is 0 Å². The van der Waals surface area contributed by atoms with Crippen molar-refractivity contribution in [2.75, 3.05) is 0 Å². The molecule has 30 heavy (non-hydrogen) atoms. The van der Waals surface area contributed by atoms with Crippen LogP contribution in [-0.2, 0) is 23.9 Å². The zero-order chi connectivity index (χ0) is 23.5. The lowest BCUT2D eigenvalue weighted by atomic mass is 9.84. The summed E-state index contributed by atoms with van der Waals surface area (Å²) >= 11 is 0. The Morgan fingerprint density at radius 1 is 1.10 bits per heavy atom. The molecule has 0 bridgehead atoms. The minimum atomic E-state index is -1.06. The van der Waals surface area contributed by atoms with Crippen LogP contribution in [0.2, 0.25) is 0 Å². The summed E-state index contributed by atoms with van der Waals surface area (Å²) in [5.74, 6) is -2.54. The molecule has 0 saturated carbocycles. The van der Waals surface area contributed by atoms with Crippen LogP contribution in [0.3, 0.4) is 0 Å². The van der Waals surface area contributed by atoms with E-state index in [1.807, 2.05) is 20.8 Å². The zero-order valence-corrected chi connectivity index (χ0v) is 19.4. The second-order valence-electron chi connectivity index (χ2n) is 8.85. The van der Waals surface area contributed by atoms with E-state index in [4.69, 9.17) is 4.74 Å². The van der Waals surface area contributed by atoms with Gasteiger partial charge in [0.2, 0.25) is 5.91 Å². The zero-order valence-electron chi connectivity index (χ0n) is 19.4. The van der Waals surface area contributed by atoms with E-state index >= 15 is 0 Å². The number of amides is 1. The van der Waals surface area contributed by atoms with Crippen LogP contribution in [0.5, 0.6) is 0 Å². The summed E-state index contributed by atoms with van der Waals surface area (Å²) in [6, 6.07) is -0.938. The van der Waals surface area contributed by atoms with Crippen LogP contribution in [-0.4, -0.2) is 40.4 Å². The molecule has 7 heteroatoms. The third kappa shape index (κ3) is 11.1. The highest BCUT2D eigenvalue weighted by Crippen LogP contribution is 2.24. The number of esters is 1. The molecule has 7 nitrogen and oxygen atoms in total. The third-order valence-electron chi connectivity index (χ3n) is 4.92. The predicted octanol–water partition coefficient (Wildman–Crippen LogP) is 4.05. The van der Waals surface area contributed by atoms with Gasteiger partial charge in [0.1, 0.15) is 11.6 Å². The Bertz CT molecular complexity index is 620. The maximum Gasteiger partial charge on any atom is 0.326 e. The molecule has 0 aromatic rings. The first-order chi connectivity index (χ1) is 13.8. The maximum absolute atomic E-state index is 12.7. The van der Waals surface area contributed by atoms with Crippen molar-refractivity contribution < 1.29 is 29.0 Å². The van der Waals surface area contributed by atoms with Crippen molar-refractivity contribution >= 4 is 23.6 Å². The molecule has 0 rings (SSSR count). The van der Waals surface area contributed by atoms with Gasteiger partial charge in [0, 0.05) is 18.8 Å². The number of carbonyl (C=O) groups excluding carboxylic acids is 3. The van der Waals surface area contributed by atoms with E-state index in [2.05, 4.69) is 11.9 Å². The van der Waals surface area contributed by atoms with Gasteiger partial charge in [-0.3, -0.25) is 14.4 Å². The molecule has 3 atom stereocenters. The molecule has 2 N–H and O–H groups in total. The Morgan fingerprint density at radius 3 is 2.17 bits per heavy atom. The fourth-order valence-corrected chi connectivity index (χ4v) is 3.00. The first kappa shape index (κ1) is 27.8. The van der Waals surface area contributed by atoms with Crippen LogP contribution in [0.4, 0.5) is 0 Å². The van der Waals surface area contributed by atoms with Crippen LogP contribution in [0.25, 0.3) is 0 Å². The van der Waals surface area contributed by atoms with Crippen molar-refractivity contribution in [2.45, 2.75) is 98.1 Å². The molecule has 1 unspecified atom stereocenters. The average Bonchev–Trinajstić information content (AvgIpc) is 2.62. The molecule has 0 aliphatic heterocycles. The van der Waals surface area contributed by atoms with Crippen molar-refractivity contribution in [3.05, 3.63) is 12.2 Å². The van der Waals surface area contributed by atoms with E-state index in [0.717, 1.165) is 0 Å². The van der Waals surface area contributed by atoms with Gasteiger partial charge in [-0.25, -0.2) is 4.79 Å². The minimum absolute atomic E-state index is 0.0348. The Hall–Kier alpha value is -2.18. The molecule has 0 radical (unpaired) electrons. The van der Waals surface area contributed by atoms with E-state index in [1.165, 1.54) is 0 Å².